The van der Waals surface area contributed by atoms with E-state index < -0.39 is 16.6 Å². The van der Waals surface area contributed by atoms with Crippen molar-refractivity contribution >= 4 is 16.6 Å². The van der Waals surface area contributed by atoms with Crippen LogP contribution in [0, 0.1) is 0 Å². The third kappa shape index (κ3) is 35.8. The fourth-order valence-electron chi connectivity index (χ4n) is 3.54. The van der Waals surface area contributed by atoms with E-state index in [-0.39, 0.29) is 21.7 Å². The summed E-state index contributed by atoms with van der Waals surface area (Å²) in [7, 11) is -3.50. The summed E-state index contributed by atoms with van der Waals surface area (Å²) in [5.74, 6) is 0. The largest absolute Gasteiger partial charge is 0.432 e. The fraction of sp³-hybridized carbons (Fsp3) is 1.00. The van der Waals surface area contributed by atoms with Crippen molar-refractivity contribution < 1.29 is 41.5 Å². The molecule has 0 rings (SSSR count). The third-order valence-electron chi connectivity index (χ3n) is 4.74. The van der Waals surface area contributed by atoms with Gasteiger partial charge in [0, 0.05) is 34.9 Å². The molecule has 0 aliphatic rings. The molecule has 7 heteroatoms. The molecule has 0 saturated carbocycles. The van der Waals surface area contributed by atoms with Gasteiger partial charge in [0.2, 0.25) is 0 Å². The molecule has 0 fully saturated rings. The topological polar surface area (TPSA) is 80.9 Å². The molecule has 0 aliphatic heterocycles. The summed E-state index contributed by atoms with van der Waals surface area (Å²) in [4.78, 5) is 20.3. The maximum absolute atomic E-state index is 10.2. The molecule has 0 aromatic carbocycles. The van der Waals surface area contributed by atoms with Crippen molar-refractivity contribution in [3.05, 3.63) is 0 Å². The Balaban J connectivity index is -0.000000106. The number of hydrogen-bond acceptors (Lipinski definition) is 4. The Morgan fingerprint density at radius 2 is 0.516 bits per heavy atom. The second-order valence-corrected chi connectivity index (χ2v) is 16.3. The van der Waals surface area contributed by atoms with Gasteiger partial charge >= 0.3 is 0 Å². The summed E-state index contributed by atoms with van der Waals surface area (Å²) in [6.07, 6.45) is 8.68. The summed E-state index contributed by atoms with van der Waals surface area (Å²) in [5.41, 5.74) is 0. The van der Waals surface area contributed by atoms with Gasteiger partial charge in [0.05, 0.1) is 0 Å². The summed E-state index contributed by atoms with van der Waals surface area (Å²) in [6, 6.07) is 6.64. The van der Waals surface area contributed by atoms with Crippen LogP contribution in [0.1, 0.15) is 107 Å². The van der Waals surface area contributed by atoms with E-state index in [1.54, 1.807) is 0 Å². The maximum atomic E-state index is 10.2. The van der Waals surface area contributed by atoms with E-state index in [0.29, 0.717) is 13.2 Å². The van der Waals surface area contributed by atoms with Gasteiger partial charge in [0.1, 0.15) is 0 Å². The molecular weight excluding hydrogens is 456 g/mol. The number of aliphatic hydroxyl groups is 2. The molecule has 192 valence electrons. The van der Waals surface area contributed by atoms with Crippen molar-refractivity contribution in [2.45, 2.75) is 143 Å². The van der Waals surface area contributed by atoms with Gasteiger partial charge in [0.25, 0.3) is 0 Å². The normalized spacial score (nSPS) is 10.5. The van der Waals surface area contributed by atoms with E-state index in [9.17, 15) is 9.59 Å². The smallest absolute Gasteiger partial charge is 0.188 e. The molecule has 0 spiro atoms. The minimum atomic E-state index is -1.75. The predicted molar refractivity (Wildman–Crippen MR) is 141 cm³/mol. The van der Waals surface area contributed by atoms with Gasteiger partial charge in [-0.15, -0.1) is 0 Å². The van der Waals surface area contributed by atoms with Crippen LogP contribution in [-0.4, -0.2) is 49.7 Å². The molecule has 0 aromatic heterocycles. The van der Waals surface area contributed by atoms with Crippen molar-refractivity contribution in [3.63, 3.8) is 0 Å². The zero-order chi connectivity index (χ0) is 24.3. The summed E-state index contributed by atoms with van der Waals surface area (Å²) >= 11 is 0. The number of hydrogen-bond donors (Lipinski definition) is 4. The third-order valence-corrected chi connectivity index (χ3v) is 13.3. The van der Waals surface area contributed by atoms with Crippen LogP contribution in [0.3, 0.4) is 0 Å². The van der Waals surface area contributed by atoms with Crippen LogP contribution in [0.15, 0.2) is 0 Å². The van der Waals surface area contributed by atoms with Crippen molar-refractivity contribution in [2.75, 3.05) is 13.2 Å². The van der Waals surface area contributed by atoms with Crippen molar-refractivity contribution in [3.8, 4) is 0 Å². The van der Waals surface area contributed by atoms with Gasteiger partial charge in [-0.25, -0.2) is 0 Å². The van der Waals surface area contributed by atoms with E-state index in [1.165, 1.54) is 0 Å². The van der Waals surface area contributed by atoms with Gasteiger partial charge in [-0.2, -0.15) is 0 Å². The molecule has 0 bridgehead atoms. The van der Waals surface area contributed by atoms with Gasteiger partial charge in [-0.05, 0) is 49.1 Å². The zero-order valence-electron chi connectivity index (χ0n) is 22.6. The van der Waals surface area contributed by atoms with Crippen LogP contribution in [0.25, 0.3) is 0 Å². The molecule has 0 heterocycles. The van der Waals surface area contributed by atoms with Crippen molar-refractivity contribution in [1.29, 1.82) is 0 Å². The summed E-state index contributed by atoms with van der Waals surface area (Å²) in [5, 5.41) is 15.8. The average molecular weight is 517 g/mol. The van der Waals surface area contributed by atoms with E-state index in [4.69, 9.17) is 10.2 Å². The standard InChI is InChI=1S/2C9H22OSi.2C3H8O.Ti/c2*1-4-7-11(10,8-5-2)9-6-3;2*1-2-3-4;/h2*10H,4-9H2,1-3H3;2*4H,2-3H2,1H3;. The molecule has 0 unspecified atom stereocenters. The van der Waals surface area contributed by atoms with E-state index in [2.05, 4.69) is 41.5 Å². The van der Waals surface area contributed by atoms with Crippen LogP contribution in [0.4, 0.5) is 0 Å². The van der Waals surface area contributed by atoms with Gasteiger partial charge < -0.3 is 19.8 Å². The van der Waals surface area contributed by atoms with Crippen molar-refractivity contribution in [2.24, 2.45) is 0 Å². The molecular formula is C24H60O4Si2Ti. The Morgan fingerprint density at radius 1 is 0.387 bits per heavy atom. The minimum Gasteiger partial charge on any atom is -0.432 e. The first kappa shape index (κ1) is 42.2. The first-order valence-corrected chi connectivity index (χ1v) is 18.0. The van der Waals surface area contributed by atoms with Crippen LogP contribution in [0.5, 0.6) is 0 Å². The number of aliphatic hydroxyl groups excluding tert-OH is 2. The van der Waals surface area contributed by atoms with Crippen LogP contribution < -0.4 is 0 Å². The fourth-order valence-corrected chi connectivity index (χ4v) is 10.6. The van der Waals surface area contributed by atoms with E-state index in [1.807, 2.05) is 13.8 Å². The Labute approximate surface area is 213 Å². The van der Waals surface area contributed by atoms with Gasteiger partial charge in [-0.3, -0.25) is 0 Å². The van der Waals surface area contributed by atoms with Crippen LogP contribution in [0.2, 0.25) is 36.3 Å². The van der Waals surface area contributed by atoms with E-state index >= 15 is 0 Å². The minimum absolute atomic E-state index is 0. The summed E-state index contributed by atoms with van der Waals surface area (Å²) in [6.45, 7) is 17.5. The summed E-state index contributed by atoms with van der Waals surface area (Å²) < 4.78 is 0. The second-order valence-electron chi connectivity index (χ2n) is 8.40. The molecule has 0 aliphatic carbocycles. The Hall–Kier alpha value is 0.988. The molecule has 0 saturated heterocycles. The van der Waals surface area contributed by atoms with Gasteiger partial charge in [-0.1, -0.05) is 93.9 Å². The monoisotopic (exact) mass is 516 g/mol. The quantitative estimate of drug-likeness (QED) is 0.186. The number of rotatable bonds is 14. The molecule has 0 radical (unpaired) electrons. The first-order valence-electron chi connectivity index (χ1n) is 12.9. The molecule has 4 N–H and O–H groups in total. The van der Waals surface area contributed by atoms with Crippen LogP contribution in [-0.2, 0) is 21.7 Å². The predicted octanol–water partition coefficient (Wildman–Crippen LogP) is 7.08. The van der Waals surface area contributed by atoms with E-state index in [0.717, 1.165) is 87.6 Å². The SMILES string of the molecule is CCCO.CCCO.CCC[Si](O)(CCC)CCC.CCC[Si](O)(CCC)CCC.[Ti]. The molecule has 31 heavy (non-hydrogen) atoms. The molecule has 0 amide bonds. The first-order chi connectivity index (χ1) is 14.2. The maximum Gasteiger partial charge on any atom is 0.188 e. The Morgan fingerprint density at radius 3 is 0.581 bits per heavy atom. The van der Waals surface area contributed by atoms with Crippen molar-refractivity contribution in [1.82, 2.24) is 0 Å². The molecule has 4 nitrogen and oxygen atoms in total. The van der Waals surface area contributed by atoms with Crippen LogP contribution >= 0.6 is 0 Å². The zero-order valence-corrected chi connectivity index (χ0v) is 26.2. The average Bonchev–Trinajstić information content (AvgIpc) is 2.70. The Bertz CT molecular complexity index is 233. The van der Waals surface area contributed by atoms with Gasteiger partial charge in [0.15, 0.2) is 16.6 Å². The molecule has 0 atom stereocenters. The Kier molecular flexibility index (Phi) is 45.1. The molecule has 0 aromatic rings. The second kappa shape index (κ2) is 33.2.